The van der Waals surface area contributed by atoms with Gasteiger partial charge in [0.1, 0.15) is 0 Å². The van der Waals surface area contributed by atoms with E-state index >= 15 is 0 Å². The maximum absolute atomic E-state index is 12.7. The number of carbonyl (C=O) groups excluding carboxylic acids is 2. The average Bonchev–Trinajstić information content (AvgIpc) is 2.60. The van der Waals surface area contributed by atoms with E-state index in [1.54, 1.807) is 11.1 Å². The van der Waals surface area contributed by atoms with E-state index in [0.717, 1.165) is 10.9 Å². The minimum Gasteiger partial charge on any atom is -0.469 e. The first kappa shape index (κ1) is 14.5. The standard InChI is InChI=1S/C17H18N2O3/c1-22-17(21)13-7-10-19(11-8-13)16(20)14-6-2-4-12-5-3-9-18-15(12)14/h2-6,9,13H,7-8,10-11H2,1H3. The first-order valence-corrected chi connectivity index (χ1v) is 7.41. The van der Waals surface area contributed by atoms with Crippen molar-refractivity contribution >= 4 is 22.8 Å². The molecule has 5 nitrogen and oxygen atoms in total. The third-order valence-corrected chi connectivity index (χ3v) is 4.18. The Bertz CT molecular complexity index is 701. The molecule has 5 heteroatoms. The number of aromatic nitrogens is 1. The molecule has 1 aromatic heterocycles. The zero-order chi connectivity index (χ0) is 15.5. The van der Waals surface area contributed by atoms with Gasteiger partial charge < -0.3 is 9.64 Å². The Hall–Kier alpha value is -2.43. The van der Waals surface area contributed by atoms with Crippen LogP contribution in [0.4, 0.5) is 0 Å². The van der Waals surface area contributed by atoms with Gasteiger partial charge in [0.05, 0.1) is 24.1 Å². The van der Waals surface area contributed by atoms with Crippen LogP contribution in [0.5, 0.6) is 0 Å². The Kier molecular flexibility index (Phi) is 4.04. The van der Waals surface area contributed by atoms with Gasteiger partial charge in [0.25, 0.3) is 5.91 Å². The Labute approximate surface area is 128 Å². The molecule has 0 aliphatic carbocycles. The number of rotatable bonds is 2. The van der Waals surface area contributed by atoms with Gasteiger partial charge in [-0.1, -0.05) is 18.2 Å². The highest BCUT2D eigenvalue weighted by atomic mass is 16.5. The van der Waals surface area contributed by atoms with Crippen LogP contribution in [0.2, 0.25) is 0 Å². The van der Waals surface area contributed by atoms with E-state index in [-0.39, 0.29) is 17.8 Å². The number of carbonyl (C=O) groups is 2. The zero-order valence-electron chi connectivity index (χ0n) is 12.5. The summed E-state index contributed by atoms with van der Waals surface area (Å²) >= 11 is 0. The number of benzene rings is 1. The second kappa shape index (κ2) is 6.13. The average molecular weight is 298 g/mol. The van der Waals surface area contributed by atoms with Crippen LogP contribution in [0.25, 0.3) is 10.9 Å². The molecule has 1 aromatic carbocycles. The van der Waals surface area contributed by atoms with E-state index in [2.05, 4.69) is 4.98 Å². The van der Waals surface area contributed by atoms with Crippen molar-refractivity contribution in [2.45, 2.75) is 12.8 Å². The fourth-order valence-electron chi connectivity index (χ4n) is 2.93. The van der Waals surface area contributed by atoms with Crippen molar-refractivity contribution < 1.29 is 14.3 Å². The summed E-state index contributed by atoms with van der Waals surface area (Å²) in [5.74, 6) is -0.300. The van der Waals surface area contributed by atoms with Crippen molar-refractivity contribution in [1.29, 1.82) is 0 Å². The second-order valence-corrected chi connectivity index (χ2v) is 5.47. The van der Waals surface area contributed by atoms with Crippen molar-refractivity contribution in [3.8, 4) is 0 Å². The minimum atomic E-state index is -0.182. The zero-order valence-corrected chi connectivity index (χ0v) is 12.5. The van der Waals surface area contributed by atoms with Crippen LogP contribution in [0.1, 0.15) is 23.2 Å². The van der Waals surface area contributed by atoms with Crippen molar-refractivity contribution in [3.05, 3.63) is 42.1 Å². The summed E-state index contributed by atoms with van der Waals surface area (Å²) in [6, 6.07) is 9.44. The number of ether oxygens (including phenoxy) is 1. The Morgan fingerprint density at radius 1 is 1.18 bits per heavy atom. The number of likely N-dealkylation sites (tertiary alicyclic amines) is 1. The van der Waals surface area contributed by atoms with Gasteiger partial charge in [-0.25, -0.2) is 0 Å². The van der Waals surface area contributed by atoms with Crippen LogP contribution in [0, 0.1) is 5.92 Å². The van der Waals surface area contributed by atoms with Gasteiger partial charge >= 0.3 is 5.97 Å². The van der Waals surface area contributed by atoms with E-state index in [4.69, 9.17) is 4.74 Å². The smallest absolute Gasteiger partial charge is 0.308 e. The molecule has 0 unspecified atom stereocenters. The third kappa shape index (κ3) is 2.66. The van der Waals surface area contributed by atoms with E-state index in [1.165, 1.54) is 7.11 Å². The van der Waals surface area contributed by atoms with Crippen LogP contribution < -0.4 is 0 Å². The maximum atomic E-state index is 12.7. The van der Waals surface area contributed by atoms with Crippen molar-refractivity contribution in [2.75, 3.05) is 20.2 Å². The molecule has 3 rings (SSSR count). The normalized spacial score (nSPS) is 15.8. The third-order valence-electron chi connectivity index (χ3n) is 4.18. The van der Waals surface area contributed by atoms with Gasteiger partial charge in [0.2, 0.25) is 0 Å². The molecule has 1 saturated heterocycles. The summed E-state index contributed by atoms with van der Waals surface area (Å²) in [6.07, 6.45) is 3.00. The lowest BCUT2D eigenvalue weighted by Gasteiger charge is -2.30. The largest absolute Gasteiger partial charge is 0.469 e. The Morgan fingerprint density at radius 3 is 2.64 bits per heavy atom. The van der Waals surface area contributed by atoms with Crippen molar-refractivity contribution in [3.63, 3.8) is 0 Å². The SMILES string of the molecule is COC(=O)C1CCN(C(=O)c2cccc3cccnc23)CC1. The number of fused-ring (bicyclic) bond motifs is 1. The number of pyridine rings is 1. The second-order valence-electron chi connectivity index (χ2n) is 5.47. The highest BCUT2D eigenvalue weighted by Gasteiger charge is 2.28. The predicted octanol–water partition coefficient (Wildman–Crippen LogP) is 2.26. The lowest BCUT2D eigenvalue weighted by Crippen LogP contribution is -2.40. The molecule has 114 valence electrons. The van der Waals surface area contributed by atoms with Gasteiger partial charge in [-0.05, 0) is 25.0 Å². The van der Waals surface area contributed by atoms with Gasteiger partial charge in [0.15, 0.2) is 0 Å². The van der Waals surface area contributed by atoms with Gasteiger partial charge in [-0.3, -0.25) is 14.6 Å². The molecule has 0 spiro atoms. The maximum Gasteiger partial charge on any atom is 0.308 e. The van der Waals surface area contributed by atoms with E-state index in [0.29, 0.717) is 31.5 Å². The van der Waals surface area contributed by atoms with Crippen LogP contribution in [-0.2, 0) is 9.53 Å². The molecular weight excluding hydrogens is 280 g/mol. The quantitative estimate of drug-likeness (QED) is 0.798. The lowest BCUT2D eigenvalue weighted by atomic mass is 9.96. The number of hydrogen-bond acceptors (Lipinski definition) is 4. The molecule has 2 heterocycles. The number of para-hydroxylation sites is 1. The summed E-state index contributed by atoms with van der Waals surface area (Å²) in [4.78, 5) is 30.4. The number of methoxy groups -OCH3 is 1. The van der Waals surface area contributed by atoms with Crippen molar-refractivity contribution in [2.24, 2.45) is 5.92 Å². The Balaban J connectivity index is 1.78. The number of nitrogens with zero attached hydrogens (tertiary/aromatic N) is 2. The number of piperidine rings is 1. The number of hydrogen-bond donors (Lipinski definition) is 0. The molecule has 1 aliphatic heterocycles. The molecule has 1 aliphatic rings. The minimum absolute atomic E-state index is 0.0207. The molecule has 1 amide bonds. The molecule has 0 atom stereocenters. The predicted molar refractivity (Wildman–Crippen MR) is 82.4 cm³/mol. The van der Waals surface area contributed by atoms with Gasteiger partial charge in [-0.2, -0.15) is 0 Å². The lowest BCUT2D eigenvalue weighted by molar-refractivity contribution is -0.146. The fourth-order valence-corrected chi connectivity index (χ4v) is 2.93. The highest BCUT2D eigenvalue weighted by molar-refractivity contribution is 6.05. The molecule has 22 heavy (non-hydrogen) atoms. The summed E-state index contributed by atoms with van der Waals surface area (Å²) in [5.41, 5.74) is 1.35. The van der Waals surface area contributed by atoms with E-state index in [9.17, 15) is 9.59 Å². The van der Waals surface area contributed by atoms with Gasteiger partial charge in [0, 0.05) is 24.7 Å². The van der Waals surface area contributed by atoms with Crippen LogP contribution in [0.3, 0.4) is 0 Å². The first-order valence-electron chi connectivity index (χ1n) is 7.41. The van der Waals surface area contributed by atoms with Gasteiger partial charge in [-0.15, -0.1) is 0 Å². The van der Waals surface area contributed by atoms with Crippen LogP contribution >= 0.6 is 0 Å². The first-order chi connectivity index (χ1) is 10.7. The summed E-state index contributed by atoms with van der Waals surface area (Å²) in [5, 5.41) is 0.956. The molecule has 2 aromatic rings. The van der Waals surface area contributed by atoms with E-state index < -0.39 is 0 Å². The topological polar surface area (TPSA) is 59.5 Å². The monoisotopic (exact) mass is 298 g/mol. The number of amides is 1. The number of esters is 1. The molecule has 1 fully saturated rings. The summed E-state index contributed by atoms with van der Waals surface area (Å²) in [7, 11) is 1.40. The summed E-state index contributed by atoms with van der Waals surface area (Å²) < 4.78 is 4.78. The van der Waals surface area contributed by atoms with Crippen molar-refractivity contribution in [1.82, 2.24) is 9.88 Å². The van der Waals surface area contributed by atoms with E-state index in [1.807, 2.05) is 30.3 Å². The van der Waals surface area contributed by atoms with Crippen LogP contribution in [0.15, 0.2) is 36.5 Å². The molecule has 0 radical (unpaired) electrons. The highest BCUT2D eigenvalue weighted by Crippen LogP contribution is 2.23. The molecule has 0 bridgehead atoms. The molecule has 0 N–H and O–H groups in total. The molecular formula is C17H18N2O3. The summed E-state index contributed by atoms with van der Waals surface area (Å²) in [6.45, 7) is 1.14. The Morgan fingerprint density at radius 2 is 1.91 bits per heavy atom. The fraction of sp³-hybridized carbons (Fsp3) is 0.353. The van der Waals surface area contributed by atoms with Crippen LogP contribution in [-0.4, -0.2) is 42.0 Å². The molecule has 0 saturated carbocycles.